The van der Waals surface area contributed by atoms with Crippen molar-refractivity contribution < 1.29 is 18.3 Å². The molecule has 3 nitrogen and oxygen atoms in total. The van der Waals surface area contributed by atoms with E-state index >= 15 is 0 Å². The molecule has 0 heterocycles. The summed E-state index contributed by atoms with van der Waals surface area (Å²) in [7, 11) is 0. The smallest absolute Gasteiger partial charge is 0.387 e. The summed E-state index contributed by atoms with van der Waals surface area (Å²) in [5.74, 6) is -0.237. The Hall–Kier alpha value is -1.96. The molecule has 0 unspecified atom stereocenters. The Bertz CT molecular complexity index is 424. The maximum Gasteiger partial charge on any atom is 0.387 e. The molecule has 1 rings (SSSR count). The van der Waals surface area contributed by atoms with Crippen molar-refractivity contribution in [2.45, 2.75) is 13.5 Å². The zero-order valence-corrected chi connectivity index (χ0v) is 7.83. The van der Waals surface area contributed by atoms with Crippen LogP contribution in [0.15, 0.2) is 12.1 Å². The van der Waals surface area contributed by atoms with Gasteiger partial charge in [0.25, 0.3) is 0 Å². The van der Waals surface area contributed by atoms with Crippen molar-refractivity contribution >= 4 is 6.29 Å². The average Bonchev–Trinajstić information content (AvgIpc) is 2.20. The average molecular weight is 211 g/mol. The van der Waals surface area contributed by atoms with Crippen LogP contribution in [0.3, 0.4) is 0 Å². The first-order valence-corrected chi connectivity index (χ1v) is 4.03. The standard InChI is InChI=1S/C10H7F2NO2/c1-6-7(4-13)2-3-8(5-14)9(6)15-10(11)12/h2-3,5,10H,1H3. The summed E-state index contributed by atoms with van der Waals surface area (Å²) in [4.78, 5) is 10.6. The van der Waals surface area contributed by atoms with E-state index in [2.05, 4.69) is 4.74 Å². The molecule has 0 atom stereocenters. The van der Waals surface area contributed by atoms with Gasteiger partial charge in [0.15, 0.2) is 6.29 Å². The number of benzene rings is 1. The van der Waals surface area contributed by atoms with Crippen LogP contribution in [0.1, 0.15) is 21.5 Å². The fraction of sp³-hybridized carbons (Fsp3) is 0.200. The molecule has 0 spiro atoms. The van der Waals surface area contributed by atoms with Gasteiger partial charge in [0.05, 0.1) is 17.2 Å². The molecule has 0 aliphatic rings. The van der Waals surface area contributed by atoms with Crippen LogP contribution in [0.5, 0.6) is 5.75 Å². The number of halogens is 2. The lowest BCUT2D eigenvalue weighted by Gasteiger charge is -2.10. The predicted molar refractivity (Wildman–Crippen MR) is 47.9 cm³/mol. The Morgan fingerprint density at radius 3 is 2.67 bits per heavy atom. The molecule has 0 fully saturated rings. The van der Waals surface area contributed by atoms with Crippen molar-refractivity contribution in [3.8, 4) is 11.8 Å². The van der Waals surface area contributed by atoms with Gasteiger partial charge in [0.1, 0.15) is 5.75 Å². The van der Waals surface area contributed by atoms with E-state index in [1.54, 1.807) is 0 Å². The maximum absolute atomic E-state index is 12.0. The number of carbonyl (C=O) groups excluding carboxylic acids is 1. The largest absolute Gasteiger partial charge is 0.434 e. The van der Waals surface area contributed by atoms with Gasteiger partial charge in [-0.2, -0.15) is 14.0 Å². The molecule has 0 amide bonds. The highest BCUT2D eigenvalue weighted by Gasteiger charge is 2.14. The number of nitrogens with zero attached hydrogens (tertiary/aromatic N) is 1. The van der Waals surface area contributed by atoms with Crippen LogP contribution in [0.25, 0.3) is 0 Å². The summed E-state index contributed by atoms with van der Waals surface area (Å²) in [6.07, 6.45) is 0.409. The van der Waals surface area contributed by atoms with E-state index in [1.165, 1.54) is 19.1 Å². The van der Waals surface area contributed by atoms with E-state index in [0.29, 0.717) is 6.29 Å². The second-order valence-corrected chi connectivity index (χ2v) is 2.76. The van der Waals surface area contributed by atoms with Crippen LogP contribution in [0.2, 0.25) is 0 Å². The third kappa shape index (κ3) is 2.29. The van der Waals surface area contributed by atoms with Gasteiger partial charge in [-0.25, -0.2) is 0 Å². The lowest BCUT2D eigenvalue weighted by atomic mass is 10.0. The highest BCUT2D eigenvalue weighted by molar-refractivity contribution is 5.81. The molecule has 0 bridgehead atoms. The number of hydrogen-bond acceptors (Lipinski definition) is 3. The molecular weight excluding hydrogens is 204 g/mol. The first kappa shape index (κ1) is 11.1. The Kier molecular flexibility index (Phi) is 3.34. The van der Waals surface area contributed by atoms with E-state index in [9.17, 15) is 13.6 Å². The van der Waals surface area contributed by atoms with Crippen molar-refractivity contribution in [2.75, 3.05) is 0 Å². The third-order valence-electron chi connectivity index (χ3n) is 1.89. The number of hydrogen-bond donors (Lipinski definition) is 0. The number of nitriles is 1. The molecule has 0 aliphatic carbocycles. The Labute approximate surface area is 84.9 Å². The molecule has 0 saturated carbocycles. The topological polar surface area (TPSA) is 50.1 Å². The lowest BCUT2D eigenvalue weighted by molar-refractivity contribution is -0.0505. The molecule has 0 aliphatic heterocycles. The molecule has 0 aromatic heterocycles. The van der Waals surface area contributed by atoms with Gasteiger partial charge in [-0.15, -0.1) is 0 Å². The van der Waals surface area contributed by atoms with Crippen molar-refractivity contribution in [1.29, 1.82) is 5.26 Å². The van der Waals surface area contributed by atoms with E-state index < -0.39 is 6.61 Å². The zero-order valence-electron chi connectivity index (χ0n) is 7.83. The second-order valence-electron chi connectivity index (χ2n) is 2.76. The Morgan fingerprint density at radius 2 is 2.20 bits per heavy atom. The summed E-state index contributed by atoms with van der Waals surface area (Å²) >= 11 is 0. The summed E-state index contributed by atoms with van der Waals surface area (Å²) < 4.78 is 28.3. The molecular formula is C10H7F2NO2. The minimum Gasteiger partial charge on any atom is -0.434 e. The van der Waals surface area contributed by atoms with Crippen LogP contribution in [-0.4, -0.2) is 12.9 Å². The molecule has 78 valence electrons. The quantitative estimate of drug-likeness (QED) is 0.720. The van der Waals surface area contributed by atoms with Crippen molar-refractivity contribution in [2.24, 2.45) is 0 Å². The molecule has 5 heteroatoms. The Balaban J connectivity index is 3.30. The summed E-state index contributed by atoms with van der Waals surface area (Å²) in [5, 5.41) is 8.66. The summed E-state index contributed by atoms with van der Waals surface area (Å²) in [6, 6.07) is 4.48. The number of ether oxygens (including phenoxy) is 1. The van der Waals surface area contributed by atoms with E-state index in [-0.39, 0.29) is 22.4 Å². The highest BCUT2D eigenvalue weighted by Crippen LogP contribution is 2.26. The number of rotatable bonds is 3. The lowest BCUT2D eigenvalue weighted by Crippen LogP contribution is -2.06. The van der Waals surface area contributed by atoms with Crippen molar-refractivity contribution in [3.05, 3.63) is 28.8 Å². The molecule has 1 aromatic rings. The minimum atomic E-state index is -3.02. The van der Waals surface area contributed by atoms with Crippen LogP contribution in [0.4, 0.5) is 8.78 Å². The molecule has 15 heavy (non-hydrogen) atoms. The highest BCUT2D eigenvalue weighted by atomic mass is 19.3. The summed E-state index contributed by atoms with van der Waals surface area (Å²) in [5.41, 5.74) is 0.449. The van der Waals surface area contributed by atoms with Gasteiger partial charge in [-0.1, -0.05) is 0 Å². The van der Waals surface area contributed by atoms with Crippen molar-refractivity contribution in [1.82, 2.24) is 0 Å². The Morgan fingerprint density at radius 1 is 1.53 bits per heavy atom. The first-order valence-electron chi connectivity index (χ1n) is 4.03. The summed E-state index contributed by atoms with van der Waals surface area (Å²) in [6.45, 7) is -1.57. The normalized spacial score (nSPS) is 9.80. The van der Waals surface area contributed by atoms with E-state index in [0.717, 1.165) is 0 Å². The van der Waals surface area contributed by atoms with Crippen LogP contribution >= 0.6 is 0 Å². The van der Waals surface area contributed by atoms with Crippen LogP contribution in [-0.2, 0) is 0 Å². The van der Waals surface area contributed by atoms with Gasteiger partial charge in [0, 0.05) is 5.56 Å². The van der Waals surface area contributed by atoms with Gasteiger partial charge in [0.2, 0.25) is 0 Å². The van der Waals surface area contributed by atoms with Gasteiger partial charge in [-0.05, 0) is 19.1 Å². The van der Waals surface area contributed by atoms with Crippen molar-refractivity contribution in [3.63, 3.8) is 0 Å². The maximum atomic E-state index is 12.0. The predicted octanol–water partition coefficient (Wildman–Crippen LogP) is 2.28. The fourth-order valence-electron chi connectivity index (χ4n) is 1.17. The SMILES string of the molecule is Cc1c(C#N)ccc(C=O)c1OC(F)F. The second kappa shape index (κ2) is 4.51. The molecule has 0 N–H and O–H groups in total. The van der Waals surface area contributed by atoms with Crippen LogP contribution in [0, 0.1) is 18.3 Å². The van der Waals surface area contributed by atoms with E-state index in [4.69, 9.17) is 5.26 Å². The minimum absolute atomic E-state index is 0.00630. The molecule has 1 aromatic carbocycles. The number of aldehydes is 1. The zero-order chi connectivity index (χ0) is 11.4. The van der Waals surface area contributed by atoms with Crippen LogP contribution < -0.4 is 4.74 Å². The fourth-order valence-corrected chi connectivity index (χ4v) is 1.17. The van der Waals surface area contributed by atoms with Gasteiger partial charge < -0.3 is 4.74 Å². The van der Waals surface area contributed by atoms with Gasteiger partial charge in [-0.3, -0.25) is 4.79 Å². The van der Waals surface area contributed by atoms with Gasteiger partial charge >= 0.3 is 6.61 Å². The molecule has 0 saturated heterocycles. The third-order valence-corrected chi connectivity index (χ3v) is 1.89. The number of alkyl halides is 2. The first-order chi connectivity index (χ1) is 7.10. The molecule has 0 radical (unpaired) electrons. The van der Waals surface area contributed by atoms with E-state index in [1.807, 2.05) is 6.07 Å². The monoisotopic (exact) mass is 211 g/mol. The number of carbonyl (C=O) groups is 1.